The normalized spacial score (nSPS) is 12.7. The van der Waals surface area contributed by atoms with Crippen molar-refractivity contribution in [3.8, 4) is 22.6 Å². The standard InChI is InChI=1S/C35H24O4/c1-3-32(36)38-26-18-14-24(15-19-26)35(25-16-20-27(21-17-25)39-33(37)4-2)31-12-8-7-11-29(31)30-22-13-23-9-5-6-10-28(23)34(30)35/h3-22H,1-2H2. The summed E-state index contributed by atoms with van der Waals surface area (Å²) in [5, 5.41) is 2.29. The largest absolute Gasteiger partial charge is 0.423 e. The third kappa shape index (κ3) is 3.85. The minimum atomic E-state index is -0.686. The van der Waals surface area contributed by atoms with E-state index in [1.54, 1.807) is 0 Å². The Bertz CT molecular complexity index is 1700. The van der Waals surface area contributed by atoms with Crippen molar-refractivity contribution in [1.82, 2.24) is 0 Å². The van der Waals surface area contributed by atoms with Gasteiger partial charge in [0.2, 0.25) is 0 Å². The summed E-state index contributed by atoms with van der Waals surface area (Å²) in [7, 11) is 0. The van der Waals surface area contributed by atoms with Crippen LogP contribution in [-0.4, -0.2) is 11.9 Å². The summed E-state index contributed by atoms with van der Waals surface area (Å²) >= 11 is 0. The number of fused-ring (bicyclic) bond motifs is 5. The highest BCUT2D eigenvalue weighted by molar-refractivity contribution is 6.00. The molecule has 1 aliphatic rings. The van der Waals surface area contributed by atoms with Crippen LogP contribution in [0.5, 0.6) is 11.5 Å². The predicted molar refractivity (Wildman–Crippen MR) is 153 cm³/mol. The van der Waals surface area contributed by atoms with Crippen LogP contribution in [0.3, 0.4) is 0 Å². The van der Waals surface area contributed by atoms with Gasteiger partial charge in [-0.05, 0) is 68.4 Å². The molecule has 0 fully saturated rings. The Morgan fingerprint density at radius 2 is 1.13 bits per heavy atom. The minimum Gasteiger partial charge on any atom is -0.423 e. The number of hydrogen-bond donors (Lipinski definition) is 0. The van der Waals surface area contributed by atoms with Gasteiger partial charge < -0.3 is 9.47 Å². The molecule has 1 aliphatic carbocycles. The number of carbonyl (C=O) groups is 2. The summed E-state index contributed by atoms with van der Waals surface area (Å²) in [5.74, 6) is -0.140. The molecular weight excluding hydrogens is 484 g/mol. The molecule has 6 rings (SSSR count). The van der Waals surface area contributed by atoms with Gasteiger partial charge in [-0.3, -0.25) is 0 Å². The zero-order chi connectivity index (χ0) is 27.0. The molecule has 39 heavy (non-hydrogen) atoms. The summed E-state index contributed by atoms with van der Waals surface area (Å²) in [4.78, 5) is 23.7. The number of esters is 2. The van der Waals surface area contributed by atoms with E-state index >= 15 is 0 Å². The van der Waals surface area contributed by atoms with Crippen molar-refractivity contribution in [2.75, 3.05) is 0 Å². The van der Waals surface area contributed by atoms with Crippen LogP contribution >= 0.6 is 0 Å². The molecule has 4 heteroatoms. The maximum Gasteiger partial charge on any atom is 0.335 e. The fourth-order valence-electron chi connectivity index (χ4n) is 5.71. The molecule has 5 aromatic carbocycles. The van der Waals surface area contributed by atoms with Gasteiger partial charge in [0.05, 0.1) is 5.41 Å². The van der Waals surface area contributed by atoms with Gasteiger partial charge in [-0.25, -0.2) is 9.59 Å². The maximum atomic E-state index is 11.8. The Morgan fingerprint density at radius 1 is 0.590 bits per heavy atom. The highest BCUT2D eigenvalue weighted by atomic mass is 16.5. The van der Waals surface area contributed by atoms with Crippen LogP contribution in [0.2, 0.25) is 0 Å². The molecule has 0 amide bonds. The molecule has 188 valence electrons. The summed E-state index contributed by atoms with van der Waals surface area (Å²) in [6, 6.07) is 36.5. The first kappa shape index (κ1) is 24.1. The number of carbonyl (C=O) groups excluding carboxylic acids is 2. The summed E-state index contributed by atoms with van der Waals surface area (Å²) < 4.78 is 10.8. The molecule has 0 spiro atoms. The first-order valence-corrected chi connectivity index (χ1v) is 12.6. The number of ether oxygens (including phenoxy) is 2. The molecule has 0 N–H and O–H groups in total. The number of rotatable bonds is 6. The van der Waals surface area contributed by atoms with Gasteiger partial charge in [-0.15, -0.1) is 0 Å². The van der Waals surface area contributed by atoms with E-state index in [9.17, 15) is 9.59 Å². The summed E-state index contributed by atoms with van der Waals surface area (Å²) in [6.45, 7) is 6.97. The van der Waals surface area contributed by atoms with Gasteiger partial charge in [0.15, 0.2) is 0 Å². The van der Waals surface area contributed by atoms with Crippen LogP contribution in [0, 0.1) is 0 Å². The van der Waals surface area contributed by atoms with Crippen molar-refractivity contribution >= 4 is 22.7 Å². The molecule has 4 nitrogen and oxygen atoms in total. The van der Waals surface area contributed by atoms with Gasteiger partial charge in [-0.1, -0.05) is 98.1 Å². The fraction of sp³-hybridized carbons (Fsp3) is 0.0286. The third-order valence-electron chi connectivity index (χ3n) is 7.27. The lowest BCUT2D eigenvalue weighted by Gasteiger charge is -2.34. The van der Waals surface area contributed by atoms with Crippen molar-refractivity contribution in [3.05, 3.63) is 157 Å². The van der Waals surface area contributed by atoms with Crippen LogP contribution < -0.4 is 9.47 Å². The van der Waals surface area contributed by atoms with E-state index in [1.165, 1.54) is 5.56 Å². The molecule has 0 saturated heterocycles. The molecule has 0 saturated carbocycles. The van der Waals surface area contributed by atoms with E-state index in [0.717, 1.165) is 50.7 Å². The van der Waals surface area contributed by atoms with Crippen LogP contribution in [-0.2, 0) is 15.0 Å². The monoisotopic (exact) mass is 508 g/mol. The zero-order valence-corrected chi connectivity index (χ0v) is 21.1. The van der Waals surface area contributed by atoms with Gasteiger partial charge in [0.1, 0.15) is 11.5 Å². The lowest BCUT2D eigenvalue weighted by molar-refractivity contribution is -0.129. The smallest absolute Gasteiger partial charge is 0.335 e. The van der Waals surface area contributed by atoms with Gasteiger partial charge in [0, 0.05) is 12.2 Å². The topological polar surface area (TPSA) is 52.6 Å². The van der Waals surface area contributed by atoms with Gasteiger partial charge >= 0.3 is 11.9 Å². The highest BCUT2D eigenvalue weighted by Crippen LogP contribution is 2.58. The summed E-state index contributed by atoms with van der Waals surface area (Å²) in [5.41, 5.74) is 5.97. The van der Waals surface area contributed by atoms with E-state index < -0.39 is 17.4 Å². The van der Waals surface area contributed by atoms with E-state index in [2.05, 4.69) is 67.8 Å². The van der Waals surface area contributed by atoms with Crippen molar-refractivity contribution in [1.29, 1.82) is 0 Å². The average molecular weight is 509 g/mol. The zero-order valence-electron chi connectivity index (χ0n) is 21.1. The molecule has 0 atom stereocenters. The van der Waals surface area contributed by atoms with Crippen LogP contribution in [0.1, 0.15) is 22.3 Å². The molecular formula is C35H24O4. The third-order valence-corrected chi connectivity index (χ3v) is 7.27. The number of benzene rings is 5. The minimum absolute atomic E-state index is 0.440. The molecule has 0 unspecified atom stereocenters. The van der Waals surface area contributed by atoms with Crippen LogP contribution in [0.4, 0.5) is 0 Å². The molecule has 0 heterocycles. The lowest BCUT2D eigenvalue weighted by atomic mass is 9.66. The average Bonchev–Trinajstić information content (AvgIpc) is 3.29. The maximum absolute atomic E-state index is 11.8. The lowest BCUT2D eigenvalue weighted by Crippen LogP contribution is -2.29. The van der Waals surface area contributed by atoms with E-state index in [0.29, 0.717) is 11.5 Å². The van der Waals surface area contributed by atoms with Crippen molar-refractivity contribution < 1.29 is 19.1 Å². The van der Waals surface area contributed by atoms with E-state index in [4.69, 9.17) is 9.47 Å². The van der Waals surface area contributed by atoms with E-state index in [1.807, 2.05) is 54.6 Å². The quantitative estimate of drug-likeness (QED) is 0.134. The Morgan fingerprint density at radius 3 is 1.72 bits per heavy atom. The molecule has 0 aromatic heterocycles. The first-order valence-electron chi connectivity index (χ1n) is 12.6. The predicted octanol–water partition coefficient (Wildman–Crippen LogP) is 7.39. The van der Waals surface area contributed by atoms with Crippen LogP contribution in [0.15, 0.2) is 135 Å². The van der Waals surface area contributed by atoms with Crippen molar-refractivity contribution in [2.24, 2.45) is 0 Å². The summed E-state index contributed by atoms with van der Waals surface area (Å²) in [6.07, 6.45) is 2.29. The molecule has 0 radical (unpaired) electrons. The Hall–Kier alpha value is -5.22. The van der Waals surface area contributed by atoms with E-state index in [-0.39, 0.29) is 0 Å². The van der Waals surface area contributed by atoms with Crippen LogP contribution in [0.25, 0.3) is 21.9 Å². The second kappa shape index (κ2) is 9.58. The second-order valence-electron chi connectivity index (χ2n) is 9.30. The van der Waals surface area contributed by atoms with Gasteiger partial charge in [-0.2, -0.15) is 0 Å². The first-order chi connectivity index (χ1) is 19.1. The molecule has 0 aliphatic heterocycles. The Balaban J connectivity index is 1.66. The molecule has 0 bridgehead atoms. The fourth-order valence-corrected chi connectivity index (χ4v) is 5.71. The Labute approximate surface area is 226 Å². The number of hydrogen-bond acceptors (Lipinski definition) is 4. The second-order valence-corrected chi connectivity index (χ2v) is 9.30. The Kier molecular flexibility index (Phi) is 5.93. The van der Waals surface area contributed by atoms with Gasteiger partial charge in [0.25, 0.3) is 0 Å². The molecule has 5 aromatic rings. The van der Waals surface area contributed by atoms with Crippen molar-refractivity contribution in [3.63, 3.8) is 0 Å². The van der Waals surface area contributed by atoms with Crippen molar-refractivity contribution in [2.45, 2.75) is 5.41 Å². The highest BCUT2D eigenvalue weighted by Gasteiger charge is 2.47. The SMILES string of the molecule is C=CC(=O)Oc1ccc(C2(c3ccc(OC(=O)C=C)cc3)c3ccccc3-c3ccc4ccccc4c32)cc1.